The third kappa shape index (κ3) is 3.35. The molecular weight excluding hydrogens is 320 g/mol. The smallest absolute Gasteiger partial charge is 0.230 e. The summed E-state index contributed by atoms with van der Waals surface area (Å²) in [6, 6.07) is 0. The summed E-state index contributed by atoms with van der Waals surface area (Å²) in [7, 11) is 0. The van der Waals surface area contributed by atoms with E-state index in [1.807, 2.05) is 11.8 Å². The van der Waals surface area contributed by atoms with Crippen molar-refractivity contribution in [3.8, 4) is 0 Å². The van der Waals surface area contributed by atoms with Crippen molar-refractivity contribution in [1.29, 1.82) is 0 Å². The van der Waals surface area contributed by atoms with Crippen LogP contribution in [0.2, 0.25) is 5.28 Å². The van der Waals surface area contributed by atoms with Crippen molar-refractivity contribution in [2.75, 3.05) is 31.2 Å². The summed E-state index contributed by atoms with van der Waals surface area (Å²) in [5.41, 5.74) is 0. The van der Waals surface area contributed by atoms with Crippen molar-refractivity contribution >= 4 is 40.6 Å². The third-order valence-corrected chi connectivity index (χ3v) is 4.48. The highest BCUT2D eigenvalue weighted by molar-refractivity contribution is 8.00. The van der Waals surface area contributed by atoms with Gasteiger partial charge in [-0.25, -0.2) is 0 Å². The summed E-state index contributed by atoms with van der Waals surface area (Å²) >= 11 is 8.81. The zero-order valence-electron chi connectivity index (χ0n) is 10.6. The topological polar surface area (TPSA) is 76.9 Å². The molecule has 3 rings (SSSR count). The van der Waals surface area contributed by atoms with E-state index in [0.29, 0.717) is 24.3 Å². The minimum atomic E-state index is 0.185. The van der Waals surface area contributed by atoms with Crippen LogP contribution < -0.4 is 4.90 Å². The number of anilines is 1. The molecular formula is C10H11ClN6OS2. The van der Waals surface area contributed by atoms with Crippen LogP contribution >= 0.6 is 34.7 Å². The molecule has 0 amide bonds. The first kappa shape index (κ1) is 13.9. The number of ether oxygens (including phenoxy) is 1. The molecule has 1 saturated heterocycles. The fourth-order valence-electron chi connectivity index (χ4n) is 1.67. The van der Waals surface area contributed by atoms with E-state index in [-0.39, 0.29) is 5.28 Å². The average Bonchev–Trinajstić information content (AvgIpc) is 2.84. The third-order valence-electron chi connectivity index (χ3n) is 2.56. The van der Waals surface area contributed by atoms with Crippen molar-refractivity contribution in [3.63, 3.8) is 0 Å². The Labute approximate surface area is 128 Å². The quantitative estimate of drug-likeness (QED) is 0.841. The van der Waals surface area contributed by atoms with Gasteiger partial charge < -0.3 is 9.64 Å². The number of aromatic nitrogens is 5. The molecule has 0 spiro atoms. The van der Waals surface area contributed by atoms with Crippen LogP contribution in [0.3, 0.4) is 0 Å². The van der Waals surface area contributed by atoms with Crippen LogP contribution in [0.25, 0.3) is 0 Å². The number of hydrogen-bond acceptors (Lipinski definition) is 9. The summed E-state index contributed by atoms with van der Waals surface area (Å²) in [5.74, 6) is 0.581. The van der Waals surface area contributed by atoms with E-state index < -0.39 is 0 Å². The van der Waals surface area contributed by atoms with Gasteiger partial charge in [0.2, 0.25) is 16.4 Å². The van der Waals surface area contributed by atoms with Crippen LogP contribution in [0.5, 0.6) is 0 Å². The van der Waals surface area contributed by atoms with Gasteiger partial charge in [-0.3, -0.25) is 0 Å². The van der Waals surface area contributed by atoms with Crippen LogP contribution in [0.1, 0.15) is 5.01 Å². The van der Waals surface area contributed by atoms with Gasteiger partial charge in [0.1, 0.15) is 5.01 Å². The summed E-state index contributed by atoms with van der Waals surface area (Å²) in [4.78, 5) is 14.8. The predicted molar refractivity (Wildman–Crippen MR) is 76.6 cm³/mol. The molecule has 0 aromatic carbocycles. The normalized spacial score (nSPS) is 15.6. The minimum Gasteiger partial charge on any atom is -0.378 e. The molecule has 0 unspecified atom stereocenters. The van der Waals surface area contributed by atoms with E-state index in [1.54, 1.807) is 0 Å². The van der Waals surface area contributed by atoms with Crippen molar-refractivity contribution in [1.82, 2.24) is 25.1 Å². The lowest BCUT2D eigenvalue weighted by atomic mass is 10.4. The standard InChI is InChI=1S/C10H11ClN6OS2/c1-6-15-16-10(19-6)20-9-13-7(11)12-8(14-9)17-2-4-18-5-3-17/h2-5H2,1H3. The number of halogens is 1. The monoisotopic (exact) mass is 330 g/mol. The molecule has 10 heteroatoms. The first-order valence-electron chi connectivity index (χ1n) is 5.93. The van der Waals surface area contributed by atoms with Gasteiger partial charge in [-0.15, -0.1) is 10.2 Å². The van der Waals surface area contributed by atoms with Crippen molar-refractivity contribution in [3.05, 3.63) is 10.3 Å². The Morgan fingerprint density at radius 1 is 1.20 bits per heavy atom. The lowest BCUT2D eigenvalue weighted by Gasteiger charge is -2.26. The molecule has 0 atom stereocenters. The van der Waals surface area contributed by atoms with Crippen molar-refractivity contribution < 1.29 is 4.74 Å². The molecule has 0 aliphatic carbocycles. The molecule has 2 aromatic rings. The number of nitrogens with zero attached hydrogens (tertiary/aromatic N) is 6. The van der Waals surface area contributed by atoms with Gasteiger partial charge >= 0.3 is 0 Å². The second kappa shape index (κ2) is 6.17. The maximum absolute atomic E-state index is 5.97. The summed E-state index contributed by atoms with van der Waals surface area (Å²) in [5, 5.41) is 9.62. The number of aryl methyl sites for hydroxylation is 1. The largest absolute Gasteiger partial charge is 0.378 e. The van der Waals surface area contributed by atoms with Crippen LogP contribution in [0.4, 0.5) is 5.95 Å². The molecule has 1 aliphatic heterocycles. The van der Waals surface area contributed by atoms with Gasteiger partial charge in [0.05, 0.1) is 13.2 Å². The Hall–Kier alpha value is -1.03. The molecule has 20 heavy (non-hydrogen) atoms. The van der Waals surface area contributed by atoms with E-state index in [0.717, 1.165) is 22.4 Å². The van der Waals surface area contributed by atoms with E-state index >= 15 is 0 Å². The van der Waals surface area contributed by atoms with Gasteiger partial charge in [0, 0.05) is 13.1 Å². The highest BCUT2D eigenvalue weighted by Crippen LogP contribution is 2.28. The molecule has 0 saturated carbocycles. The van der Waals surface area contributed by atoms with Crippen molar-refractivity contribution in [2.24, 2.45) is 0 Å². The molecule has 0 bridgehead atoms. The predicted octanol–water partition coefficient (Wildman–Crippen LogP) is 1.67. The van der Waals surface area contributed by atoms with Crippen LogP contribution in [0.15, 0.2) is 9.50 Å². The van der Waals surface area contributed by atoms with E-state index in [1.165, 1.54) is 23.1 Å². The molecule has 3 heterocycles. The fraction of sp³-hybridized carbons (Fsp3) is 0.500. The van der Waals surface area contributed by atoms with Crippen LogP contribution in [0, 0.1) is 6.92 Å². The Bertz CT molecular complexity index is 603. The SMILES string of the molecule is Cc1nnc(Sc2nc(Cl)nc(N3CCOCC3)n2)s1. The van der Waals surface area contributed by atoms with Gasteiger partial charge in [-0.2, -0.15) is 15.0 Å². The first-order valence-corrected chi connectivity index (χ1v) is 7.94. The molecule has 0 N–H and O–H groups in total. The first-order chi connectivity index (χ1) is 9.70. The Morgan fingerprint density at radius 3 is 2.70 bits per heavy atom. The molecule has 7 nitrogen and oxygen atoms in total. The number of rotatable bonds is 3. The second-order valence-corrected chi connectivity index (χ2v) is 6.71. The average molecular weight is 331 g/mol. The molecule has 2 aromatic heterocycles. The summed E-state index contributed by atoms with van der Waals surface area (Å²) < 4.78 is 6.10. The summed E-state index contributed by atoms with van der Waals surface area (Å²) in [6.45, 7) is 4.74. The highest BCUT2D eigenvalue weighted by atomic mass is 35.5. The molecule has 1 aliphatic rings. The van der Waals surface area contributed by atoms with Gasteiger partial charge in [-0.05, 0) is 30.3 Å². The molecule has 106 valence electrons. The lowest BCUT2D eigenvalue weighted by molar-refractivity contribution is 0.122. The van der Waals surface area contributed by atoms with Gasteiger partial charge in [-0.1, -0.05) is 11.3 Å². The van der Waals surface area contributed by atoms with Gasteiger partial charge in [0.15, 0.2) is 4.34 Å². The highest BCUT2D eigenvalue weighted by Gasteiger charge is 2.17. The zero-order valence-corrected chi connectivity index (χ0v) is 13.0. The lowest BCUT2D eigenvalue weighted by Crippen LogP contribution is -2.37. The minimum absolute atomic E-state index is 0.185. The maximum atomic E-state index is 5.97. The molecule has 1 fully saturated rings. The van der Waals surface area contributed by atoms with Crippen LogP contribution in [-0.2, 0) is 4.74 Å². The zero-order chi connectivity index (χ0) is 13.9. The number of morpholine rings is 1. The van der Waals surface area contributed by atoms with E-state index in [2.05, 4.69) is 25.1 Å². The molecule has 0 radical (unpaired) electrons. The fourth-order valence-corrected chi connectivity index (χ4v) is 3.54. The number of hydrogen-bond donors (Lipinski definition) is 0. The second-order valence-electron chi connectivity index (χ2n) is 3.98. The van der Waals surface area contributed by atoms with E-state index in [4.69, 9.17) is 16.3 Å². The van der Waals surface area contributed by atoms with Crippen LogP contribution in [-0.4, -0.2) is 51.5 Å². The Balaban J connectivity index is 1.82. The van der Waals surface area contributed by atoms with E-state index in [9.17, 15) is 0 Å². The van der Waals surface area contributed by atoms with Crippen molar-refractivity contribution in [2.45, 2.75) is 16.4 Å². The van der Waals surface area contributed by atoms with Gasteiger partial charge in [0.25, 0.3) is 0 Å². The Morgan fingerprint density at radius 2 is 2.00 bits per heavy atom. The Kier molecular flexibility index (Phi) is 4.29. The summed E-state index contributed by atoms with van der Waals surface area (Å²) in [6.07, 6.45) is 0. The maximum Gasteiger partial charge on any atom is 0.230 e.